The van der Waals surface area contributed by atoms with E-state index >= 15 is 0 Å². The summed E-state index contributed by atoms with van der Waals surface area (Å²) in [4.78, 5) is 14.1. The fraction of sp³-hybridized carbons (Fsp3) is 0.438. The van der Waals surface area contributed by atoms with E-state index in [1.54, 1.807) is 4.90 Å². The van der Waals surface area contributed by atoms with Crippen LogP contribution < -0.4 is 5.73 Å². The molecule has 2 atom stereocenters. The Balaban J connectivity index is 2.78. The summed E-state index contributed by atoms with van der Waals surface area (Å²) in [5, 5.41) is 0. The van der Waals surface area contributed by atoms with Crippen molar-refractivity contribution < 1.29 is 4.79 Å². The number of amides is 1. The van der Waals surface area contributed by atoms with Gasteiger partial charge in [0.2, 0.25) is 5.91 Å². The topological polar surface area (TPSA) is 46.3 Å². The van der Waals surface area contributed by atoms with E-state index < -0.39 is 0 Å². The summed E-state index contributed by atoms with van der Waals surface area (Å²) < 4.78 is 0. The number of benzene rings is 1. The molecule has 0 heterocycles. The Bertz CT molecular complexity index is 436. The van der Waals surface area contributed by atoms with Crippen molar-refractivity contribution in [3.8, 4) is 12.3 Å². The zero-order valence-electron chi connectivity index (χ0n) is 11.7. The zero-order chi connectivity index (χ0) is 14.3. The van der Waals surface area contributed by atoms with Crippen LogP contribution in [0, 0.1) is 18.3 Å². The molecule has 2 N–H and O–H groups in total. The maximum atomic E-state index is 12.4. The molecule has 0 bridgehead atoms. The van der Waals surface area contributed by atoms with E-state index in [1.165, 1.54) is 0 Å². The van der Waals surface area contributed by atoms with E-state index in [0.717, 1.165) is 12.0 Å². The van der Waals surface area contributed by atoms with Crippen LogP contribution in [0.1, 0.15) is 31.9 Å². The van der Waals surface area contributed by atoms with Crippen LogP contribution in [0.3, 0.4) is 0 Å². The number of carbonyl (C=O) groups is 1. The predicted octanol–water partition coefficient (Wildman–Crippen LogP) is 2.19. The number of hydrogen-bond acceptors (Lipinski definition) is 2. The minimum Gasteiger partial charge on any atom is -0.331 e. The Labute approximate surface area is 115 Å². The molecule has 0 aliphatic carbocycles. The molecule has 0 fully saturated rings. The molecule has 19 heavy (non-hydrogen) atoms. The highest BCUT2D eigenvalue weighted by Gasteiger charge is 2.25. The first-order valence-corrected chi connectivity index (χ1v) is 6.64. The third kappa shape index (κ3) is 4.11. The lowest BCUT2D eigenvalue weighted by Crippen LogP contribution is -2.40. The average molecular weight is 258 g/mol. The highest BCUT2D eigenvalue weighted by atomic mass is 16.2. The van der Waals surface area contributed by atoms with Gasteiger partial charge in [0.25, 0.3) is 0 Å². The standard InChI is InChI=1S/C16H22N2O/c1-4-11-18(12-5-2)16(19)13(3)15(17)14-9-7-6-8-10-14/h1,6-10,13,15H,5,11-12,17H2,2-3H3. The minimum absolute atomic E-state index is 0.0242. The van der Waals surface area contributed by atoms with Crippen molar-refractivity contribution in [1.29, 1.82) is 0 Å². The van der Waals surface area contributed by atoms with E-state index in [1.807, 2.05) is 44.2 Å². The molecule has 3 nitrogen and oxygen atoms in total. The molecule has 0 saturated heterocycles. The molecule has 1 aromatic rings. The van der Waals surface area contributed by atoms with Gasteiger partial charge in [-0.3, -0.25) is 4.79 Å². The van der Waals surface area contributed by atoms with Gasteiger partial charge in [0, 0.05) is 12.6 Å². The van der Waals surface area contributed by atoms with E-state index in [4.69, 9.17) is 12.2 Å². The molecule has 0 radical (unpaired) electrons. The maximum Gasteiger partial charge on any atom is 0.228 e. The summed E-state index contributed by atoms with van der Waals surface area (Å²) in [5.41, 5.74) is 7.14. The third-order valence-electron chi connectivity index (χ3n) is 3.20. The summed E-state index contributed by atoms with van der Waals surface area (Å²) in [5.74, 6) is 2.28. The SMILES string of the molecule is C#CCN(CCC)C(=O)C(C)C(N)c1ccccc1. The Morgan fingerprint density at radius 1 is 1.42 bits per heavy atom. The quantitative estimate of drug-likeness (QED) is 0.795. The van der Waals surface area contributed by atoms with E-state index in [2.05, 4.69) is 5.92 Å². The molecule has 0 saturated carbocycles. The van der Waals surface area contributed by atoms with Gasteiger partial charge in [-0.05, 0) is 12.0 Å². The van der Waals surface area contributed by atoms with Gasteiger partial charge in [-0.15, -0.1) is 6.42 Å². The maximum absolute atomic E-state index is 12.4. The second-order valence-electron chi connectivity index (χ2n) is 4.69. The lowest BCUT2D eigenvalue weighted by molar-refractivity contribution is -0.135. The molecule has 102 valence electrons. The van der Waals surface area contributed by atoms with Crippen LogP contribution in [0.25, 0.3) is 0 Å². The van der Waals surface area contributed by atoms with Gasteiger partial charge >= 0.3 is 0 Å². The third-order valence-corrected chi connectivity index (χ3v) is 3.20. The second-order valence-corrected chi connectivity index (χ2v) is 4.69. The van der Waals surface area contributed by atoms with Crippen molar-refractivity contribution in [2.45, 2.75) is 26.3 Å². The van der Waals surface area contributed by atoms with Crippen LogP contribution in [0.5, 0.6) is 0 Å². The van der Waals surface area contributed by atoms with Gasteiger partial charge in [-0.25, -0.2) is 0 Å². The van der Waals surface area contributed by atoms with Crippen LogP contribution >= 0.6 is 0 Å². The Morgan fingerprint density at radius 2 is 2.05 bits per heavy atom. The van der Waals surface area contributed by atoms with Crippen molar-refractivity contribution in [2.75, 3.05) is 13.1 Å². The van der Waals surface area contributed by atoms with Crippen LogP contribution in [0.4, 0.5) is 0 Å². The first-order chi connectivity index (χ1) is 9.11. The molecular formula is C16H22N2O. The Hall–Kier alpha value is -1.79. The van der Waals surface area contributed by atoms with E-state index in [-0.39, 0.29) is 17.9 Å². The van der Waals surface area contributed by atoms with Crippen molar-refractivity contribution in [3.63, 3.8) is 0 Å². The molecule has 0 aliphatic heterocycles. The molecule has 0 aromatic heterocycles. The van der Waals surface area contributed by atoms with Gasteiger partial charge in [0.1, 0.15) is 0 Å². The van der Waals surface area contributed by atoms with Gasteiger partial charge in [-0.2, -0.15) is 0 Å². The predicted molar refractivity (Wildman–Crippen MR) is 78.2 cm³/mol. The van der Waals surface area contributed by atoms with Crippen LogP contribution in [-0.4, -0.2) is 23.9 Å². The lowest BCUT2D eigenvalue weighted by atomic mass is 9.94. The first kappa shape index (κ1) is 15.3. The number of nitrogens with zero attached hydrogens (tertiary/aromatic N) is 1. The Kier molecular flexibility index (Phi) is 6.11. The van der Waals surface area contributed by atoms with E-state index in [9.17, 15) is 4.79 Å². The average Bonchev–Trinajstić information content (AvgIpc) is 2.45. The molecule has 0 spiro atoms. The van der Waals surface area contributed by atoms with Crippen LogP contribution in [0.15, 0.2) is 30.3 Å². The van der Waals surface area contributed by atoms with Crippen molar-refractivity contribution >= 4 is 5.91 Å². The van der Waals surface area contributed by atoms with Gasteiger partial charge in [0.15, 0.2) is 0 Å². The summed E-state index contributed by atoms with van der Waals surface area (Å²) in [6, 6.07) is 9.38. The molecule has 0 aliphatic rings. The number of hydrogen-bond donors (Lipinski definition) is 1. The number of nitrogens with two attached hydrogens (primary N) is 1. The first-order valence-electron chi connectivity index (χ1n) is 6.64. The van der Waals surface area contributed by atoms with Crippen molar-refractivity contribution in [3.05, 3.63) is 35.9 Å². The van der Waals surface area contributed by atoms with Gasteiger partial charge < -0.3 is 10.6 Å². The minimum atomic E-state index is -0.300. The number of rotatable bonds is 6. The van der Waals surface area contributed by atoms with Crippen LogP contribution in [0.2, 0.25) is 0 Å². The monoisotopic (exact) mass is 258 g/mol. The molecule has 1 aromatic carbocycles. The highest BCUT2D eigenvalue weighted by molar-refractivity contribution is 5.79. The van der Waals surface area contributed by atoms with E-state index in [0.29, 0.717) is 13.1 Å². The summed E-state index contributed by atoms with van der Waals surface area (Å²) in [6.45, 7) is 4.91. The summed E-state index contributed by atoms with van der Waals surface area (Å²) >= 11 is 0. The highest BCUT2D eigenvalue weighted by Crippen LogP contribution is 2.21. The Morgan fingerprint density at radius 3 is 2.58 bits per heavy atom. The van der Waals surface area contributed by atoms with Gasteiger partial charge in [-0.1, -0.05) is 50.1 Å². The fourth-order valence-corrected chi connectivity index (χ4v) is 2.05. The normalized spacial score (nSPS) is 13.4. The lowest BCUT2D eigenvalue weighted by Gasteiger charge is -2.27. The zero-order valence-corrected chi connectivity index (χ0v) is 11.7. The summed E-state index contributed by atoms with van der Waals surface area (Å²) in [7, 11) is 0. The summed E-state index contributed by atoms with van der Waals surface area (Å²) in [6.07, 6.45) is 6.20. The molecule has 1 amide bonds. The number of carbonyl (C=O) groups excluding carboxylic acids is 1. The van der Waals surface area contributed by atoms with Crippen molar-refractivity contribution in [1.82, 2.24) is 4.90 Å². The molecule has 1 rings (SSSR count). The largest absolute Gasteiger partial charge is 0.331 e. The van der Waals surface area contributed by atoms with Crippen molar-refractivity contribution in [2.24, 2.45) is 11.7 Å². The molecule has 2 unspecified atom stereocenters. The fourth-order valence-electron chi connectivity index (χ4n) is 2.05. The smallest absolute Gasteiger partial charge is 0.228 e. The number of terminal acetylenes is 1. The second kappa shape index (κ2) is 7.60. The van der Waals surface area contributed by atoms with Gasteiger partial charge in [0.05, 0.1) is 12.5 Å². The van der Waals surface area contributed by atoms with Crippen LogP contribution in [-0.2, 0) is 4.79 Å². The molecular weight excluding hydrogens is 236 g/mol. The molecule has 3 heteroatoms.